The third-order valence-corrected chi connectivity index (χ3v) is 5.15. The number of benzene rings is 2. The molecule has 0 aliphatic heterocycles. The zero-order valence-corrected chi connectivity index (χ0v) is 19.0. The molecule has 164 valence electrons. The van der Waals surface area contributed by atoms with Gasteiger partial charge < -0.3 is 20.1 Å². The first kappa shape index (κ1) is 24.0. The van der Waals surface area contributed by atoms with Crippen molar-refractivity contribution in [3.63, 3.8) is 0 Å². The monoisotopic (exact) mass is 432 g/mol. The van der Waals surface area contributed by atoms with Crippen LogP contribution in [0.4, 0.5) is 5.69 Å². The molecule has 2 N–H and O–H groups in total. The second-order valence-corrected chi connectivity index (χ2v) is 7.80. The number of hydrogen-bond donors (Lipinski definition) is 2. The predicted molar refractivity (Wildman–Crippen MR) is 124 cm³/mol. The van der Waals surface area contributed by atoms with Crippen molar-refractivity contribution in [3.05, 3.63) is 52.5 Å². The van der Waals surface area contributed by atoms with Crippen molar-refractivity contribution in [2.24, 2.45) is 0 Å². The van der Waals surface area contributed by atoms with Gasteiger partial charge >= 0.3 is 0 Å². The summed E-state index contributed by atoms with van der Waals surface area (Å²) >= 11 is 6.42. The Kier molecular flexibility index (Phi) is 10.5. The largest absolute Gasteiger partial charge is 0.493 e. The molecule has 0 saturated heterocycles. The average molecular weight is 433 g/mol. The fourth-order valence-corrected chi connectivity index (χ4v) is 3.26. The minimum Gasteiger partial charge on any atom is -0.493 e. The van der Waals surface area contributed by atoms with Crippen LogP contribution in [0.1, 0.15) is 50.2 Å². The van der Waals surface area contributed by atoms with Crippen LogP contribution < -0.4 is 20.1 Å². The summed E-state index contributed by atoms with van der Waals surface area (Å²) < 4.78 is 11.1. The Bertz CT molecular complexity index is 794. The van der Waals surface area contributed by atoms with E-state index in [0.717, 1.165) is 29.8 Å². The summed E-state index contributed by atoms with van der Waals surface area (Å²) in [7, 11) is 1.58. The van der Waals surface area contributed by atoms with Crippen molar-refractivity contribution in [2.75, 3.05) is 25.6 Å². The Morgan fingerprint density at radius 1 is 1.03 bits per heavy atom. The van der Waals surface area contributed by atoms with Gasteiger partial charge in [-0.25, -0.2) is 0 Å². The van der Waals surface area contributed by atoms with Gasteiger partial charge in [-0.15, -0.1) is 0 Å². The molecule has 0 aliphatic carbocycles. The Morgan fingerprint density at radius 3 is 2.47 bits per heavy atom. The standard InChI is InChI=1S/C24H33ClN2O3/c1-4-5-6-7-8-13-26-16-19-14-22(29-3)23(15-21(19)25)30-17-24(28)27-20-11-9-18(2)10-12-20/h9-12,14-15,26H,4-8,13,16-17H2,1-3H3,(H,27,28). The van der Waals surface area contributed by atoms with Crippen molar-refractivity contribution in [1.82, 2.24) is 5.32 Å². The maximum Gasteiger partial charge on any atom is 0.262 e. The molecule has 30 heavy (non-hydrogen) atoms. The van der Waals surface area contributed by atoms with E-state index in [-0.39, 0.29) is 12.5 Å². The fourth-order valence-electron chi connectivity index (χ4n) is 3.04. The number of carbonyl (C=O) groups is 1. The van der Waals surface area contributed by atoms with Crippen molar-refractivity contribution in [3.8, 4) is 11.5 Å². The number of halogens is 1. The van der Waals surface area contributed by atoms with Crippen LogP contribution in [0.25, 0.3) is 0 Å². The van der Waals surface area contributed by atoms with E-state index >= 15 is 0 Å². The van der Waals surface area contributed by atoms with Crippen LogP contribution in [-0.2, 0) is 11.3 Å². The molecule has 0 aliphatic rings. The molecule has 0 fully saturated rings. The van der Waals surface area contributed by atoms with Gasteiger partial charge in [-0.2, -0.15) is 0 Å². The third-order valence-electron chi connectivity index (χ3n) is 4.80. The molecule has 2 aromatic carbocycles. The summed E-state index contributed by atoms with van der Waals surface area (Å²) in [6.07, 6.45) is 6.25. The Labute approximate surface area is 185 Å². The summed E-state index contributed by atoms with van der Waals surface area (Å²) in [6, 6.07) is 11.2. The van der Waals surface area contributed by atoms with E-state index < -0.39 is 0 Å². The second kappa shape index (κ2) is 13.1. The number of hydrogen-bond acceptors (Lipinski definition) is 4. The number of anilines is 1. The number of carbonyl (C=O) groups excluding carboxylic acids is 1. The van der Waals surface area contributed by atoms with Gasteiger partial charge in [0.25, 0.3) is 5.91 Å². The number of aryl methyl sites for hydroxylation is 1. The van der Waals surface area contributed by atoms with Crippen molar-refractivity contribution in [2.45, 2.75) is 52.5 Å². The first-order valence-corrected chi connectivity index (χ1v) is 11.0. The molecule has 0 aromatic heterocycles. The van der Waals surface area contributed by atoms with E-state index in [0.29, 0.717) is 23.1 Å². The lowest BCUT2D eigenvalue weighted by molar-refractivity contribution is -0.118. The van der Waals surface area contributed by atoms with Crippen LogP contribution in [0.15, 0.2) is 36.4 Å². The summed E-state index contributed by atoms with van der Waals surface area (Å²) in [5.74, 6) is 0.762. The van der Waals surface area contributed by atoms with Gasteiger partial charge in [0.1, 0.15) is 0 Å². The average Bonchev–Trinajstić information content (AvgIpc) is 2.74. The van der Waals surface area contributed by atoms with E-state index in [4.69, 9.17) is 21.1 Å². The number of methoxy groups -OCH3 is 1. The molecule has 0 spiro atoms. The van der Waals surface area contributed by atoms with Gasteiger partial charge in [0.05, 0.1) is 7.11 Å². The van der Waals surface area contributed by atoms with Crippen molar-refractivity contribution in [1.29, 1.82) is 0 Å². The van der Waals surface area contributed by atoms with Gasteiger partial charge in [0, 0.05) is 23.3 Å². The molecule has 0 heterocycles. The highest BCUT2D eigenvalue weighted by molar-refractivity contribution is 6.31. The summed E-state index contributed by atoms with van der Waals surface area (Å²) in [4.78, 5) is 12.2. The molecule has 0 atom stereocenters. The zero-order valence-electron chi connectivity index (χ0n) is 18.2. The molecule has 0 saturated carbocycles. The predicted octanol–water partition coefficient (Wildman–Crippen LogP) is 5.73. The van der Waals surface area contributed by atoms with Crippen LogP contribution in [-0.4, -0.2) is 26.2 Å². The van der Waals surface area contributed by atoms with Crippen LogP contribution in [0, 0.1) is 6.92 Å². The highest BCUT2D eigenvalue weighted by Crippen LogP contribution is 2.33. The number of rotatable bonds is 13. The van der Waals surface area contributed by atoms with E-state index in [1.807, 2.05) is 37.3 Å². The number of amides is 1. The van der Waals surface area contributed by atoms with Crippen molar-refractivity contribution < 1.29 is 14.3 Å². The van der Waals surface area contributed by atoms with E-state index in [9.17, 15) is 4.79 Å². The molecular weight excluding hydrogens is 400 g/mol. The van der Waals surface area contributed by atoms with Crippen LogP contribution in [0.5, 0.6) is 11.5 Å². The second-order valence-electron chi connectivity index (χ2n) is 7.39. The molecule has 0 unspecified atom stereocenters. The fraction of sp³-hybridized carbons (Fsp3) is 0.458. The van der Waals surface area contributed by atoms with Gasteiger partial charge in [-0.1, -0.05) is 61.9 Å². The van der Waals surface area contributed by atoms with E-state index in [1.165, 1.54) is 25.7 Å². The first-order valence-electron chi connectivity index (χ1n) is 10.6. The first-order chi connectivity index (χ1) is 14.5. The lowest BCUT2D eigenvalue weighted by Crippen LogP contribution is -2.20. The van der Waals surface area contributed by atoms with Gasteiger partial charge in [-0.3, -0.25) is 4.79 Å². The topological polar surface area (TPSA) is 59.6 Å². The number of nitrogens with one attached hydrogen (secondary N) is 2. The quantitative estimate of drug-likeness (QED) is 0.396. The normalized spacial score (nSPS) is 10.7. The molecule has 6 heteroatoms. The van der Waals surface area contributed by atoms with E-state index in [1.54, 1.807) is 13.2 Å². The smallest absolute Gasteiger partial charge is 0.262 e. The molecule has 2 rings (SSSR count). The highest BCUT2D eigenvalue weighted by atomic mass is 35.5. The minimum absolute atomic E-state index is 0.129. The number of ether oxygens (including phenoxy) is 2. The maximum atomic E-state index is 12.2. The summed E-state index contributed by atoms with van der Waals surface area (Å²) in [5.41, 5.74) is 2.81. The lowest BCUT2D eigenvalue weighted by Gasteiger charge is -2.14. The van der Waals surface area contributed by atoms with Gasteiger partial charge in [-0.05, 0) is 43.7 Å². The lowest BCUT2D eigenvalue weighted by atomic mass is 10.1. The molecular formula is C24H33ClN2O3. The molecule has 5 nitrogen and oxygen atoms in total. The Balaban J connectivity index is 1.85. The Morgan fingerprint density at radius 2 is 1.77 bits per heavy atom. The zero-order chi connectivity index (χ0) is 21.8. The SMILES string of the molecule is CCCCCCCNCc1cc(OC)c(OCC(=O)Nc2ccc(C)cc2)cc1Cl. The molecule has 0 radical (unpaired) electrons. The number of unbranched alkanes of at least 4 members (excludes halogenated alkanes) is 4. The Hall–Kier alpha value is -2.24. The van der Waals surface area contributed by atoms with E-state index in [2.05, 4.69) is 17.6 Å². The summed E-state index contributed by atoms with van der Waals surface area (Å²) in [5, 5.41) is 6.82. The highest BCUT2D eigenvalue weighted by Gasteiger charge is 2.12. The molecule has 1 amide bonds. The minimum atomic E-state index is -0.245. The molecule has 2 aromatic rings. The van der Waals surface area contributed by atoms with Crippen LogP contribution in [0.2, 0.25) is 5.02 Å². The molecule has 0 bridgehead atoms. The van der Waals surface area contributed by atoms with Gasteiger partial charge in [0.15, 0.2) is 18.1 Å². The van der Waals surface area contributed by atoms with Crippen molar-refractivity contribution >= 4 is 23.2 Å². The third kappa shape index (κ3) is 8.25. The van der Waals surface area contributed by atoms with Gasteiger partial charge in [0.2, 0.25) is 0 Å². The summed E-state index contributed by atoms with van der Waals surface area (Å²) in [6.45, 7) is 5.71. The van der Waals surface area contributed by atoms with Crippen LogP contribution >= 0.6 is 11.6 Å². The van der Waals surface area contributed by atoms with Crippen LogP contribution in [0.3, 0.4) is 0 Å². The maximum absolute atomic E-state index is 12.2.